The third-order valence-corrected chi connectivity index (χ3v) is 2.28. The van der Waals surface area contributed by atoms with Crippen molar-refractivity contribution in [1.29, 1.82) is 0 Å². The zero-order valence-electron chi connectivity index (χ0n) is 10.8. The van der Waals surface area contributed by atoms with Crippen LogP contribution in [0.1, 0.15) is 0 Å². The molecule has 1 aromatic rings. The van der Waals surface area contributed by atoms with Crippen LogP contribution in [0, 0.1) is 11.6 Å². The van der Waals surface area contributed by atoms with Gasteiger partial charge in [0, 0.05) is 25.8 Å². The van der Waals surface area contributed by atoms with Crippen LogP contribution >= 0.6 is 0 Å². The SMILES string of the molecule is COCCNCC(=O)Nc1cc(F)c(OC)cc1F. The lowest BCUT2D eigenvalue weighted by molar-refractivity contribution is -0.115. The van der Waals surface area contributed by atoms with Gasteiger partial charge in [-0.05, 0) is 0 Å². The second-order valence-electron chi connectivity index (χ2n) is 3.68. The van der Waals surface area contributed by atoms with Gasteiger partial charge >= 0.3 is 0 Å². The molecule has 2 N–H and O–H groups in total. The van der Waals surface area contributed by atoms with Crippen LogP contribution in [0.5, 0.6) is 5.75 Å². The molecule has 7 heteroatoms. The molecule has 0 fully saturated rings. The minimum atomic E-state index is -0.761. The Hall–Kier alpha value is -1.73. The first-order chi connectivity index (χ1) is 9.08. The minimum Gasteiger partial charge on any atom is -0.494 e. The quantitative estimate of drug-likeness (QED) is 0.732. The van der Waals surface area contributed by atoms with Crippen molar-refractivity contribution >= 4 is 11.6 Å². The second-order valence-corrected chi connectivity index (χ2v) is 3.68. The molecular formula is C12H16F2N2O3. The summed E-state index contributed by atoms with van der Waals surface area (Å²) >= 11 is 0. The Morgan fingerprint density at radius 1 is 1.26 bits per heavy atom. The van der Waals surface area contributed by atoms with Gasteiger partial charge in [-0.1, -0.05) is 0 Å². The van der Waals surface area contributed by atoms with Crippen molar-refractivity contribution in [2.24, 2.45) is 0 Å². The van der Waals surface area contributed by atoms with Gasteiger partial charge in [-0.15, -0.1) is 0 Å². The molecule has 19 heavy (non-hydrogen) atoms. The van der Waals surface area contributed by atoms with Crippen molar-refractivity contribution in [2.75, 3.05) is 39.2 Å². The fourth-order valence-electron chi connectivity index (χ4n) is 1.35. The zero-order valence-corrected chi connectivity index (χ0v) is 10.8. The van der Waals surface area contributed by atoms with Gasteiger partial charge in [-0.2, -0.15) is 0 Å². The lowest BCUT2D eigenvalue weighted by Crippen LogP contribution is -2.30. The number of halogens is 2. The molecule has 0 unspecified atom stereocenters. The molecule has 5 nitrogen and oxygen atoms in total. The highest BCUT2D eigenvalue weighted by Crippen LogP contribution is 2.24. The number of benzene rings is 1. The third kappa shape index (κ3) is 4.80. The molecule has 0 atom stereocenters. The van der Waals surface area contributed by atoms with E-state index in [0.717, 1.165) is 12.1 Å². The molecule has 1 aromatic carbocycles. The van der Waals surface area contributed by atoms with Crippen LogP contribution in [0.25, 0.3) is 0 Å². The van der Waals surface area contributed by atoms with Crippen LogP contribution in [0.3, 0.4) is 0 Å². The summed E-state index contributed by atoms with van der Waals surface area (Å²) in [5, 5.41) is 5.05. The van der Waals surface area contributed by atoms with Gasteiger partial charge < -0.3 is 20.1 Å². The van der Waals surface area contributed by atoms with Crippen molar-refractivity contribution in [3.05, 3.63) is 23.8 Å². The highest BCUT2D eigenvalue weighted by Gasteiger charge is 2.12. The molecule has 0 saturated heterocycles. The normalized spacial score (nSPS) is 10.3. The minimum absolute atomic E-state index is 0.0174. The molecule has 0 radical (unpaired) electrons. The molecule has 0 bridgehead atoms. The third-order valence-electron chi connectivity index (χ3n) is 2.28. The van der Waals surface area contributed by atoms with E-state index in [1.807, 2.05) is 0 Å². The van der Waals surface area contributed by atoms with Crippen molar-refractivity contribution in [1.82, 2.24) is 5.32 Å². The van der Waals surface area contributed by atoms with Gasteiger partial charge in [0.05, 0.1) is 25.9 Å². The number of hydrogen-bond acceptors (Lipinski definition) is 4. The van der Waals surface area contributed by atoms with E-state index in [-0.39, 0.29) is 18.0 Å². The summed E-state index contributed by atoms with van der Waals surface area (Å²) in [5.41, 5.74) is -0.225. The average molecular weight is 274 g/mol. The highest BCUT2D eigenvalue weighted by atomic mass is 19.1. The predicted octanol–water partition coefficient (Wildman–Crippen LogP) is 1.15. The highest BCUT2D eigenvalue weighted by molar-refractivity contribution is 5.92. The fraction of sp³-hybridized carbons (Fsp3) is 0.417. The number of hydrogen-bond donors (Lipinski definition) is 2. The van der Waals surface area contributed by atoms with Crippen molar-refractivity contribution < 1.29 is 23.0 Å². The zero-order chi connectivity index (χ0) is 14.3. The van der Waals surface area contributed by atoms with Gasteiger partial charge in [0.25, 0.3) is 0 Å². The van der Waals surface area contributed by atoms with E-state index in [4.69, 9.17) is 4.74 Å². The summed E-state index contributed by atoms with van der Waals surface area (Å²) in [6.45, 7) is 0.929. The van der Waals surface area contributed by atoms with Gasteiger partial charge in [-0.25, -0.2) is 8.78 Å². The molecule has 0 heterocycles. The second kappa shape index (κ2) is 7.65. The van der Waals surface area contributed by atoms with Crippen LogP contribution in [0.15, 0.2) is 12.1 Å². The number of anilines is 1. The Balaban J connectivity index is 2.57. The molecule has 0 spiro atoms. The van der Waals surface area contributed by atoms with E-state index >= 15 is 0 Å². The molecule has 0 saturated carbocycles. The summed E-state index contributed by atoms with van der Waals surface area (Å²) in [6.07, 6.45) is 0. The smallest absolute Gasteiger partial charge is 0.238 e. The number of ether oxygens (including phenoxy) is 2. The Kier molecular flexibility index (Phi) is 6.17. The van der Waals surface area contributed by atoms with Crippen molar-refractivity contribution in [3.63, 3.8) is 0 Å². The van der Waals surface area contributed by atoms with E-state index in [2.05, 4.69) is 15.4 Å². The van der Waals surface area contributed by atoms with Crippen LogP contribution in [0.2, 0.25) is 0 Å². The van der Waals surface area contributed by atoms with E-state index in [1.54, 1.807) is 0 Å². The standard InChI is InChI=1S/C12H16F2N2O3/c1-18-4-3-15-7-12(17)16-10-5-9(14)11(19-2)6-8(10)13/h5-6,15H,3-4,7H2,1-2H3,(H,16,17). The molecule has 0 aliphatic rings. The Morgan fingerprint density at radius 2 is 2.00 bits per heavy atom. The van der Waals surface area contributed by atoms with Crippen LogP contribution in [0.4, 0.5) is 14.5 Å². The Morgan fingerprint density at radius 3 is 2.63 bits per heavy atom. The maximum absolute atomic E-state index is 13.5. The lowest BCUT2D eigenvalue weighted by atomic mass is 10.2. The van der Waals surface area contributed by atoms with E-state index in [0.29, 0.717) is 13.2 Å². The van der Waals surface area contributed by atoms with Crippen LogP contribution in [-0.4, -0.2) is 39.8 Å². The first-order valence-corrected chi connectivity index (χ1v) is 5.61. The van der Waals surface area contributed by atoms with Crippen LogP contribution < -0.4 is 15.4 Å². The molecule has 1 amide bonds. The molecule has 0 aliphatic carbocycles. The van der Waals surface area contributed by atoms with Crippen molar-refractivity contribution in [2.45, 2.75) is 0 Å². The molecule has 106 valence electrons. The number of rotatable bonds is 7. The first-order valence-electron chi connectivity index (χ1n) is 5.61. The lowest BCUT2D eigenvalue weighted by Gasteiger charge is -2.09. The largest absolute Gasteiger partial charge is 0.494 e. The molecular weight excluding hydrogens is 258 g/mol. The van der Waals surface area contributed by atoms with Gasteiger partial charge in [-0.3, -0.25) is 4.79 Å². The maximum Gasteiger partial charge on any atom is 0.238 e. The Bertz CT molecular complexity index is 441. The predicted molar refractivity (Wildman–Crippen MR) is 66.3 cm³/mol. The Labute approximate surface area is 109 Å². The van der Waals surface area contributed by atoms with Crippen LogP contribution in [-0.2, 0) is 9.53 Å². The fourth-order valence-corrected chi connectivity index (χ4v) is 1.35. The molecule has 1 rings (SSSR count). The number of amides is 1. The number of carbonyl (C=O) groups is 1. The summed E-state index contributed by atoms with van der Waals surface area (Å²) < 4.78 is 36.3. The number of nitrogens with one attached hydrogen (secondary N) is 2. The van der Waals surface area contributed by atoms with E-state index < -0.39 is 17.5 Å². The topological polar surface area (TPSA) is 59.6 Å². The van der Waals surface area contributed by atoms with Gasteiger partial charge in [0.2, 0.25) is 5.91 Å². The molecule has 0 aromatic heterocycles. The van der Waals surface area contributed by atoms with E-state index in [9.17, 15) is 13.6 Å². The monoisotopic (exact) mass is 274 g/mol. The average Bonchev–Trinajstić information content (AvgIpc) is 2.38. The summed E-state index contributed by atoms with van der Waals surface area (Å²) in [5.74, 6) is -2.19. The number of carbonyl (C=O) groups excluding carboxylic acids is 1. The summed E-state index contributed by atoms with van der Waals surface area (Å²) in [7, 11) is 2.77. The maximum atomic E-state index is 13.5. The molecule has 0 aliphatic heterocycles. The van der Waals surface area contributed by atoms with Crippen molar-refractivity contribution in [3.8, 4) is 5.75 Å². The summed E-state index contributed by atoms with van der Waals surface area (Å²) in [6, 6.07) is 1.75. The van der Waals surface area contributed by atoms with E-state index in [1.165, 1.54) is 14.2 Å². The van der Waals surface area contributed by atoms with Gasteiger partial charge in [0.15, 0.2) is 17.4 Å². The van der Waals surface area contributed by atoms with Gasteiger partial charge in [0.1, 0.15) is 0 Å². The summed E-state index contributed by atoms with van der Waals surface area (Å²) in [4.78, 5) is 11.5. The first kappa shape index (κ1) is 15.3. The number of methoxy groups -OCH3 is 2.